The summed E-state index contributed by atoms with van der Waals surface area (Å²) >= 11 is 11.9. The molecule has 0 radical (unpaired) electrons. The van der Waals surface area contributed by atoms with Crippen LogP contribution in [0.15, 0.2) is 30.3 Å². The fraction of sp³-hybridized carbons (Fsp3) is 0.409. The van der Waals surface area contributed by atoms with Crippen LogP contribution in [0.25, 0.3) is 0 Å². The van der Waals surface area contributed by atoms with Crippen molar-refractivity contribution in [2.75, 3.05) is 6.61 Å². The molecule has 2 heterocycles. The van der Waals surface area contributed by atoms with Gasteiger partial charge in [-0.05, 0) is 70.4 Å². The second-order valence-electron chi connectivity index (χ2n) is 8.34. The number of aryl methyl sites for hydroxylation is 1. The van der Waals surface area contributed by atoms with Gasteiger partial charge in [0.1, 0.15) is 11.5 Å². The maximum atomic E-state index is 10.1. The number of ether oxygens (including phenoxy) is 1. The molecule has 5 nitrogen and oxygen atoms in total. The second-order valence-corrected chi connectivity index (χ2v) is 9.19. The molecule has 1 saturated heterocycles. The third kappa shape index (κ3) is 4.78. The Kier molecular flexibility index (Phi) is 6.73. The van der Waals surface area contributed by atoms with Crippen molar-refractivity contribution < 1.29 is 23.9 Å². The van der Waals surface area contributed by atoms with Crippen LogP contribution in [0.4, 0.5) is 0 Å². The van der Waals surface area contributed by atoms with Crippen molar-refractivity contribution in [1.82, 2.24) is 0 Å². The van der Waals surface area contributed by atoms with Gasteiger partial charge in [-0.3, -0.25) is 4.79 Å². The number of carbonyl (C=O) groups is 1. The number of aromatic hydroxyl groups is 1. The van der Waals surface area contributed by atoms with Crippen LogP contribution < -0.4 is 10.2 Å². The lowest BCUT2D eigenvalue weighted by Crippen LogP contribution is -2.41. The van der Waals surface area contributed by atoms with Gasteiger partial charge < -0.3 is 19.2 Å². The summed E-state index contributed by atoms with van der Waals surface area (Å²) in [4.78, 5) is 10.1. The predicted molar refractivity (Wildman–Crippen MR) is 119 cm³/mol. The fourth-order valence-electron chi connectivity index (χ4n) is 3.16. The van der Waals surface area contributed by atoms with E-state index in [1.807, 2.05) is 33.8 Å². The van der Waals surface area contributed by atoms with Crippen LogP contribution >= 0.6 is 23.2 Å². The van der Waals surface area contributed by atoms with Gasteiger partial charge in [0.05, 0.1) is 23.4 Å². The van der Waals surface area contributed by atoms with E-state index in [0.29, 0.717) is 16.3 Å². The van der Waals surface area contributed by atoms with Gasteiger partial charge in [0.25, 0.3) is 0 Å². The molecular formula is C22H25BCl2O5. The molecule has 0 amide bonds. The van der Waals surface area contributed by atoms with Gasteiger partial charge in [-0.1, -0.05) is 29.3 Å². The summed E-state index contributed by atoms with van der Waals surface area (Å²) < 4.78 is 17.8. The highest BCUT2D eigenvalue weighted by Gasteiger charge is 2.52. The molecule has 0 atom stereocenters. The third-order valence-electron chi connectivity index (χ3n) is 5.65. The summed E-state index contributed by atoms with van der Waals surface area (Å²) in [5.41, 5.74) is 1.63. The van der Waals surface area contributed by atoms with Crippen molar-refractivity contribution >= 4 is 42.1 Å². The predicted octanol–water partition coefficient (Wildman–Crippen LogP) is 4.82. The van der Waals surface area contributed by atoms with Gasteiger partial charge in [-0.15, -0.1) is 0 Å². The largest absolute Gasteiger partial charge is 0.507 e. The van der Waals surface area contributed by atoms with E-state index in [1.54, 1.807) is 6.07 Å². The highest BCUT2D eigenvalue weighted by Crippen LogP contribution is 2.38. The van der Waals surface area contributed by atoms with E-state index in [2.05, 4.69) is 6.07 Å². The number of rotatable bonds is 2. The first-order chi connectivity index (χ1) is 14.0. The van der Waals surface area contributed by atoms with Gasteiger partial charge in [-0.2, -0.15) is 0 Å². The van der Waals surface area contributed by atoms with Gasteiger partial charge >= 0.3 is 7.12 Å². The van der Waals surface area contributed by atoms with E-state index in [0.717, 1.165) is 30.7 Å². The maximum absolute atomic E-state index is 10.1. The first-order valence-electron chi connectivity index (χ1n) is 9.78. The van der Waals surface area contributed by atoms with Crippen molar-refractivity contribution in [2.24, 2.45) is 0 Å². The van der Waals surface area contributed by atoms with Gasteiger partial charge in [0, 0.05) is 15.5 Å². The molecule has 2 aromatic rings. The minimum atomic E-state index is -0.417. The molecule has 0 aliphatic carbocycles. The Balaban J connectivity index is 0.000000216. The number of hydrogen-bond acceptors (Lipinski definition) is 5. The standard InChI is InChI=1S/C15H20BClO3.C7H5ClO2/c1-14(2)15(3,4)20-16(19-14)11-8-10-6-5-7-18-13(10)9-12(11)17;8-6-2-1-5(4-9)7(10)3-6/h8-9H,5-7H2,1-4H3;1-4,10H. The Morgan fingerprint density at radius 1 is 1.07 bits per heavy atom. The quantitative estimate of drug-likeness (QED) is 0.524. The molecule has 0 spiro atoms. The number of fused-ring (bicyclic) bond motifs is 1. The number of hydrogen-bond donors (Lipinski definition) is 1. The van der Waals surface area contributed by atoms with Crippen LogP contribution in [0, 0.1) is 0 Å². The molecule has 0 unspecified atom stereocenters. The third-order valence-corrected chi connectivity index (χ3v) is 6.22. The number of phenols is 1. The van der Waals surface area contributed by atoms with Crippen LogP contribution in [0.3, 0.4) is 0 Å². The molecule has 8 heteroatoms. The van der Waals surface area contributed by atoms with Crippen molar-refractivity contribution in [3.8, 4) is 11.5 Å². The van der Waals surface area contributed by atoms with E-state index in [4.69, 9.17) is 42.4 Å². The Morgan fingerprint density at radius 2 is 1.73 bits per heavy atom. The minimum absolute atomic E-state index is 0.0810. The van der Waals surface area contributed by atoms with E-state index >= 15 is 0 Å². The van der Waals surface area contributed by atoms with E-state index in [-0.39, 0.29) is 22.5 Å². The summed E-state index contributed by atoms with van der Waals surface area (Å²) in [6.45, 7) is 8.94. The molecule has 30 heavy (non-hydrogen) atoms. The monoisotopic (exact) mass is 450 g/mol. The molecule has 160 valence electrons. The highest BCUT2D eigenvalue weighted by molar-refractivity contribution is 6.65. The zero-order chi connectivity index (χ0) is 22.1. The zero-order valence-corrected chi connectivity index (χ0v) is 19.0. The van der Waals surface area contributed by atoms with E-state index < -0.39 is 7.12 Å². The molecule has 0 saturated carbocycles. The van der Waals surface area contributed by atoms with Crippen LogP contribution in [-0.4, -0.2) is 36.3 Å². The Hall–Kier alpha value is -1.73. The lowest BCUT2D eigenvalue weighted by atomic mass is 9.77. The smallest absolute Gasteiger partial charge is 0.496 e. The minimum Gasteiger partial charge on any atom is -0.507 e. The first-order valence-corrected chi connectivity index (χ1v) is 10.5. The molecule has 4 rings (SSSR count). The molecule has 1 fully saturated rings. The number of benzene rings is 2. The molecule has 2 aliphatic heterocycles. The normalized spacial score (nSPS) is 18.7. The van der Waals surface area contributed by atoms with Gasteiger partial charge in [0.15, 0.2) is 6.29 Å². The average Bonchev–Trinajstić information content (AvgIpc) is 2.89. The van der Waals surface area contributed by atoms with Crippen molar-refractivity contribution in [1.29, 1.82) is 0 Å². The molecule has 1 N–H and O–H groups in total. The molecule has 0 aromatic heterocycles. The second kappa shape index (κ2) is 8.79. The van der Waals surface area contributed by atoms with Gasteiger partial charge in [0.2, 0.25) is 0 Å². The maximum Gasteiger partial charge on any atom is 0.496 e. The molecular weight excluding hydrogens is 426 g/mol. The van der Waals surface area contributed by atoms with E-state index in [9.17, 15) is 4.79 Å². The average molecular weight is 451 g/mol. The SMILES string of the molecule is CC1(C)OB(c2cc3c(cc2Cl)OCCC3)OC1(C)C.O=Cc1ccc(Cl)cc1O. The Labute approximate surface area is 187 Å². The number of phenolic OH excluding ortho intramolecular Hbond substituents is 1. The van der Waals surface area contributed by atoms with E-state index in [1.165, 1.54) is 17.7 Å². The summed E-state index contributed by atoms with van der Waals surface area (Å²) in [5.74, 6) is 0.809. The fourth-order valence-corrected chi connectivity index (χ4v) is 3.57. The molecule has 2 aromatic carbocycles. The van der Waals surface area contributed by atoms with Crippen LogP contribution in [0.5, 0.6) is 11.5 Å². The first kappa shape index (κ1) is 22.9. The van der Waals surface area contributed by atoms with Crippen LogP contribution in [-0.2, 0) is 15.7 Å². The molecule has 0 bridgehead atoms. The Morgan fingerprint density at radius 3 is 2.33 bits per heavy atom. The van der Waals surface area contributed by atoms with Crippen molar-refractivity contribution in [3.05, 3.63) is 51.5 Å². The zero-order valence-electron chi connectivity index (χ0n) is 17.5. The van der Waals surface area contributed by atoms with Crippen molar-refractivity contribution in [3.63, 3.8) is 0 Å². The number of aldehydes is 1. The van der Waals surface area contributed by atoms with Gasteiger partial charge in [-0.25, -0.2) is 0 Å². The highest BCUT2D eigenvalue weighted by atomic mass is 35.5. The summed E-state index contributed by atoms with van der Waals surface area (Å²) in [6, 6.07) is 8.29. The lowest BCUT2D eigenvalue weighted by molar-refractivity contribution is 0.00578. The summed E-state index contributed by atoms with van der Waals surface area (Å²) in [5, 5.41) is 10.0. The number of halogens is 2. The topological polar surface area (TPSA) is 65.0 Å². The molecule has 2 aliphatic rings. The Bertz CT molecular complexity index is 929. The van der Waals surface area contributed by atoms with Crippen molar-refractivity contribution in [2.45, 2.75) is 51.7 Å². The summed E-state index contributed by atoms with van der Waals surface area (Å²) in [7, 11) is -0.417. The number of carbonyl (C=O) groups excluding carboxylic acids is 1. The lowest BCUT2D eigenvalue weighted by Gasteiger charge is -2.32. The van der Waals surface area contributed by atoms with Crippen LogP contribution in [0.1, 0.15) is 50.0 Å². The van der Waals surface area contributed by atoms with Crippen LogP contribution in [0.2, 0.25) is 10.0 Å². The summed E-state index contributed by atoms with van der Waals surface area (Å²) in [6.07, 6.45) is 2.63.